The zero-order chi connectivity index (χ0) is 17.5. The van der Waals surface area contributed by atoms with Crippen LogP contribution >= 0.6 is 0 Å². The van der Waals surface area contributed by atoms with Crippen molar-refractivity contribution < 1.29 is 19.4 Å². The van der Waals surface area contributed by atoms with E-state index >= 15 is 0 Å². The van der Waals surface area contributed by atoms with Gasteiger partial charge < -0.3 is 15.2 Å². The quantitative estimate of drug-likeness (QED) is 0.800. The predicted octanol–water partition coefficient (Wildman–Crippen LogP) is 2.93. The Kier molecular flexibility index (Phi) is 6.09. The first kappa shape index (κ1) is 17.7. The molecule has 2 aromatic carbocycles. The molecule has 0 bridgehead atoms. The lowest BCUT2D eigenvalue weighted by molar-refractivity contribution is -0.123. The van der Waals surface area contributed by atoms with Gasteiger partial charge in [-0.1, -0.05) is 31.2 Å². The maximum Gasteiger partial charge on any atom is 0.338 e. The molecule has 5 nitrogen and oxygen atoms in total. The van der Waals surface area contributed by atoms with Gasteiger partial charge in [-0.15, -0.1) is 0 Å². The second kappa shape index (κ2) is 8.26. The number of hydrogen-bond donors (Lipinski definition) is 2. The van der Waals surface area contributed by atoms with E-state index in [1.807, 2.05) is 24.3 Å². The first-order valence-electron chi connectivity index (χ1n) is 7.84. The van der Waals surface area contributed by atoms with Gasteiger partial charge >= 0.3 is 5.97 Å². The van der Waals surface area contributed by atoms with Gasteiger partial charge in [0, 0.05) is 5.69 Å². The number of anilines is 1. The van der Waals surface area contributed by atoms with Crippen molar-refractivity contribution in [3.63, 3.8) is 0 Å². The Balaban J connectivity index is 1.93. The highest BCUT2D eigenvalue weighted by atomic mass is 16.5. The van der Waals surface area contributed by atoms with E-state index in [-0.39, 0.29) is 12.5 Å². The van der Waals surface area contributed by atoms with E-state index in [0.717, 1.165) is 6.42 Å². The van der Waals surface area contributed by atoms with Gasteiger partial charge in [0.1, 0.15) is 0 Å². The lowest BCUT2D eigenvalue weighted by Crippen LogP contribution is -2.30. The van der Waals surface area contributed by atoms with Crippen LogP contribution in [0.4, 0.5) is 5.69 Å². The van der Waals surface area contributed by atoms with E-state index in [2.05, 4.69) is 12.2 Å². The molecular weight excluding hydrogens is 306 g/mol. The third-order valence-corrected chi connectivity index (χ3v) is 3.65. The van der Waals surface area contributed by atoms with Crippen LogP contribution in [0, 0.1) is 0 Å². The number of aliphatic hydroxyl groups excluding tert-OH is 1. The van der Waals surface area contributed by atoms with Gasteiger partial charge in [-0.25, -0.2) is 4.79 Å². The van der Waals surface area contributed by atoms with E-state index in [4.69, 9.17) is 9.84 Å². The highest BCUT2D eigenvalue weighted by Gasteiger charge is 2.19. The van der Waals surface area contributed by atoms with Crippen LogP contribution in [-0.2, 0) is 22.6 Å². The minimum atomic E-state index is -0.916. The summed E-state index contributed by atoms with van der Waals surface area (Å²) < 4.78 is 5.18. The van der Waals surface area contributed by atoms with Crippen molar-refractivity contribution in [3.05, 3.63) is 65.2 Å². The molecule has 2 aromatic rings. The molecule has 126 valence electrons. The van der Waals surface area contributed by atoms with E-state index in [1.54, 1.807) is 24.3 Å². The largest absolute Gasteiger partial charge is 0.449 e. The third-order valence-electron chi connectivity index (χ3n) is 3.65. The number of carbonyl (C=O) groups is 2. The number of rotatable bonds is 6. The van der Waals surface area contributed by atoms with Gasteiger partial charge in [0.2, 0.25) is 0 Å². The molecule has 0 heterocycles. The van der Waals surface area contributed by atoms with Crippen LogP contribution in [0.5, 0.6) is 0 Å². The fourth-order valence-electron chi connectivity index (χ4n) is 2.10. The minimum Gasteiger partial charge on any atom is -0.449 e. The molecule has 0 aliphatic heterocycles. The first-order chi connectivity index (χ1) is 11.5. The SMILES string of the molecule is CCc1ccc(NC(=O)[C@H](C)OC(=O)c2ccc(CO)cc2)cc1. The third kappa shape index (κ3) is 4.67. The second-order valence-electron chi connectivity index (χ2n) is 5.44. The van der Waals surface area contributed by atoms with Crippen LogP contribution < -0.4 is 5.32 Å². The van der Waals surface area contributed by atoms with Gasteiger partial charge in [0.15, 0.2) is 6.10 Å². The zero-order valence-electron chi connectivity index (χ0n) is 13.8. The van der Waals surface area contributed by atoms with Crippen LogP contribution in [0.2, 0.25) is 0 Å². The molecule has 0 fully saturated rings. The molecule has 0 saturated heterocycles. The minimum absolute atomic E-state index is 0.0923. The normalized spacial score (nSPS) is 11.6. The van der Waals surface area contributed by atoms with Gasteiger partial charge in [-0.05, 0) is 48.7 Å². The zero-order valence-corrected chi connectivity index (χ0v) is 13.8. The van der Waals surface area contributed by atoms with E-state index in [9.17, 15) is 9.59 Å². The molecule has 0 saturated carbocycles. The molecule has 0 unspecified atom stereocenters. The topological polar surface area (TPSA) is 75.6 Å². The summed E-state index contributed by atoms with van der Waals surface area (Å²) in [5.74, 6) is -0.969. The molecule has 1 amide bonds. The number of aryl methyl sites for hydroxylation is 1. The van der Waals surface area contributed by atoms with Crippen molar-refractivity contribution in [2.24, 2.45) is 0 Å². The standard InChI is InChI=1S/C19H21NO4/c1-3-14-6-10-17(11-7-14)20-18(22)13(2)24-19(23)16-8-4-15(12-21)5-9-16/h4-11,13,21H,3,12H2,1-2H3,(H,20,22)/t13-/m0/s1. The fraction of sp³-hybridized carbons (Fsp3) is 0.263. The summed E-state index contributed by atoms with van der Waals surface area (Å²) >= 11 is 0. The van der Waals surface area contributed by atoms with Gasteiger partial charge in [0.25, 0.3) is 5.91 Å². The van der Waals surface area contributed by atoms with Crippen molar-refractivity contribution in [1.82, 2.24) is 0 Å². The van der Waals surface area contributed by atoms with Crippen LogP contribution in [-0.4, -0.2) is 23.1 Å². The van der Waals surface area contributed by atoms with E-state index in [0.29, 0.717) is 16.8 Å². The molecular formula is C19H21NO4. The molecule has 0 aromatic heterocycles. The summed E-state index contributed by atoms with van der Waals surface area (Å²) in [5, 5.41) is 11.7. The molecule has 0 aliphatic carbocycles. The predicted molar refractivity (Wildman–Crippen MR) is 91.7 cm³/mol. The number of ether oxygens (including phenoxy) is 1. The van der Waals surface area contributed by atoms with Crippen LogP contribution in [0.15, 0.2) is 48.5 Å². The highest BCUT2D eigenvalue weighted by Crippen LogP contribution is 2.12. The van der Waals surface area contributed by atoms with E-state index in [1.165, 1.54) is 12.5 Å². The van der Waals surface area contributed by atoms with Gasteiger partial charge in [-0.2, -0.15) is 0 Å². The average molecular weight is 327 g/mol. The van der Waals surface area contributed by atoms with Crippen LogP contribution in [0.3, 0.4) is 0 Å². The molecule has 1 atom stereocenters. The fourth-order valence-corrected chi connectivity index (χ4v) is 2.10. The average Bonchev–Trinajstić information content (AvgIpc) is 2.62. The number of aliphatic hydroxyl groups is 1. The summed E-state index contributed by atoms with van der Waals surface area (Å²) in [7, 11) is 0. The first-order valence-corrected chi connectivity index (χ1v) is 7.84. The lowest BCUT2D eigenvalue weighted by Gasteiger charge is -2.14. The maximum absolute atomic E-state index is 12.1. The number of esters is 1. The number of hydrogen-bond acceptors (Lipinski definition) is 4. The van der Waals surface area contributed by atoms with Gasteiger partial charge in [-0.3, -0.25) is 4.79 Å². The van der Waals surface area contributed by atoms with Crippen molar-refractivity contribution in [2.45, 2.75) is 33.0 Å². The Labute approximate surface area is 141 Å². The Morgan fingerprint density at radius 2 is 1.62 bits per heavy atom. The Morgan fingerprint density at radius 1 is 1.04 bits per heavy atom. The summed E-state index contributed by atoms with van der Waals surface area (Å²) in [6.45, 7) is 3.49. The summed E-state index contributed by atoms with van der Waals surface area (Å²) in [5.41, 5.74) is 2.87. The summed E-state index contributed by atoms with van der Waals surface area (Å²) in [4.78, 5) is 24.1. The van der Waals surface area contributed by atoms with Crippen molar-refractivity contribution in [1.29, 1.82) is 0 Å². The number of amides is 1. The number of benzene rings is 2. The van der Waals surface area contributed by atoms with Crippen molar-refractivity contribution in [3.8, 4) is 0 Å². The van der Waals surface area contributed by atoms with Crippen LogP contribution in [0.25, 0.3) is 0 Å². The molecule has 0 spiro atoms. The second-order valence-corrected chi connectivity index (χ2v) is 5.44. The molecule has 2 N–H and O–H groups in total. The molecule has 0 radical (unpaired) electrons. The number of carbonyl (C=O) groups excluding carboxylic acids is 2. The lowest BCUT2D eigenvalue weighted by atomic mass is 10.1. The monoisotopic (exact) mass is 327 g/mol. The smallest absolute Gasteiger partial charge is 0.338 e. The van der Waals surface area contributed by atoms with Crippen molar-refractivity contribution >= 4 is 17.6 Å². The number of nitrogens with one attached hydrogen (secondary N) is 1. The van der Waals surface area contributed by atoms with Crippen LogP contribution in [0.1, 0.15) is 35.3 Å². The maximum atomic E-state index is 12.1. The van der Waals surface area contributed by atoms with E-state index < -0.39 is 12.1 Å². The van der Waals surface area contributed by atoms with Crippen molar-refractivity contribution in [2.75, 3.05) is 5.32 Å². The Hall–Kier alpha value is -2.66. The Morgan fingerprint density at radius 3 is 2.17 bits per heavy atom. The highest BCUT2D eigenvalue weighted by molar-refractivity contribution is 5.97. The summed E-state index contributed by atoms with van der Waals surface area (Å²) in [6, 6.07) is 13.9. The molecule has 5 heteroatoms. The Bertz CT molecular complexity index is 692. The summed E-state index contributed by atoms with van der Waals surface area (Å²) in [6.07, 6.45) is 0.0120. The molecule has 2 rings (SSSR count). The molecule has 24 heavy (non-hydrogen) atoms. The van der Waals surface area contributed by atoms with Gasteiger partial charge in [0.05, 0.1) is 12.2 Å². The molecule has 0 aliphatic rings.